The summed E-state index contributed by atoms with van der Waals surface area (Å²) in [6.07, 6.45) is 21.0. The molecule has 0 spiro atoms. The second-order valence-electron chi connectivity index (χ2n) is 10.3. The predicted molar refractivity (Wildman–Crippen MR) is 144 cm³/mol. The van der Waals surface area contributed by atoms with Gasteiger partial charge in [0.1, 0.15) is 11.9 Å². The van der Waals surface area contributed by atoms with E-state index >= 15 is 0 Å². The van der Waals surface area contributed by atoms with Crippen LogP contribution in [-0.4, -0.2) is 15.3 Å². The van der Waals surface area contributed by atoms with Crippen molar-refractivity contribution in [3.8, 4) is 0 Å². The zero-order valence-electron chi connectivity index (χ0n) is 19.6. The second kappa shape index (κ2) is 6.82. The molecule has 0 saturated carbocycles. The average molecular weight is 458 g/mol. The van der Waals surface area contributed by atoms with Crippen molar-refractivity contribution in [1.82, 2.24) is 9.24 Å². The quantitative estimate of drug-likeness (QED) is 0.322. The minimum Gasteiger partial charge on any atom is -0.490 e. The van der Waals surface area contributed by atoms with Crippen LogP contribution in [-0.2, 0) is 4.74 Å². The van der Waals surface area contributed by atoms with Crippen LogP contribution in [0.4, 0.5) is 0 Å². The Kier molecular flexibility index (Phi) is 3.78. The molecule has 2 aromatic heterocycles. The maximum Gasteiger partial charge on any atom is 0.124 e. The van der Waals surface area contributed by atoms with Crippen molar-refractivity contribution in [2.75, 3.05) is 5.84 Å². The molecule has 1 fully saturated rings. The summed E-state index contributed by atoms with van der Waals surface area (Å²) in [6.45, 7) is 2.35. The fourth-order valence-electron chi connectivity index (χ4n) is 7.08. The highest BCUT2D eigenvalue weighted by atomic mass is 16.5. The van der Waals surface area contributed by atoms with Crippen molar-refractivity contribution in [3.63, 3.8) is 0 Å². The number of nitrogens with two attached hydrogens (primary N) is 1. The van der Waals surface area contributed by atoms with Crippen molar-refractivity contribution in [3.05, 3.63) is 102 Å². The van der Waals surface area contributed by atoms with E-state index in [1.165, 1.54) is 32.8 Å². The SMILES string of the molecule is CC1c2c(n(N)c3cc4c5ccccc5n(C5C=CC=CC5)c4cc23)C=C2OC3C=CC=CC3C21. The molecule has 0 radical (unpaired) electrons. The Labute approximate surface area is 203 Å². The van der Waals surface area contributed by atoms with Crippen molar-refractivity contribution >= 4 is 38.8 Å². The van der Waals surface area contributed by atoms with Gasteiger partial charge in [-0.25, -0.2) is 0 Å². The summed E-state index contributed by atoms with van der Waals surface area (Å²) >= 11 is 0. The lowest BCUT2D eigenvalue weighted by atomic mass is 9.73. The Hall–Kier alpha value is -3.92. The molecule has 4 nitrogen and oxygen atoms in total. The number of nitrogens with zero attached hydrogens (tertiary/aromatic N) is 2. The first-order valence-electron chi connectivity index (χ1n) is 12.6. The maximum atomic E-state index is 6.80. The molecule has 2 N–H and O–H groups in total. The van der Waals surface area contributed by atoms with Crippen LogP contribution in [0, 0.1) is 11.8 Å². The van der Waals surface area contributed by atoms with Crippen molar-refractivity contribution in [2.24, 2.45) is 11.8 Å². The van der Waals surface area contributed by atoms with E-state index in [9.17, 15) is 0 Å². The first-order chi connectivity index (χ1) is 17.2. The number of aromatic nitrogens is 2. The van der Waals surface area contributed by atoms with Gasteiger partial charge in [-0.3, -0.25) is 4.68 Å². The Balaban J connectivity index is 1.41. The van der Waals surface area contributed by atoms with Gasteiger partial charge in [-0.1, -0.05) is 67.7 Å². The highest BCUT2D eigenvalue weighted by Crippen LogP contribution is 2.53. The Morgan fingerprint density at radius 3 is 2.60 bits per heavy atom. The molecule has 3 aliphatic carbocycles. The van der Waals surface area contributed by atoms with E-state index in [1.54, 1.807) is 0 Å². The molecule has 172 valence electrons. The zero-order chi connectivity index (χ0) is 23.3. The lowest BCUT2D eigenvalue weighted by Crippen LogP contribution is -2.24. The number of hydrogen-bond donors (Lipinski definition) is 1. The lowest BCUT2D eigenvalue weighted by molar-refractivity contribution is 0.186. The third-order valence-corrected chi connectivity index (χ3v) is 8.62. The molecule has 1 aliphatic heterocycles. The molecule has 8 rings (SSSR count). The molecule has 4 aromatic rings. The largest absolute Gasteiger partial charge is 0.490 e. The van der Waals surface area contributed by atoms with Crippen LogP contribution in [0.5, 0.6) is 0 Å². The number of hydrogen-bond acceptors (Lipinski definition) is 2. The highest BCUT2D eigenvalue weighted by molar-refractivity contribution is 6.13. The van der Waals surface area contributed by atoms with Crippen LogP contribution >= 0.6 is 0 Å². The van der Waals surface area contributed by atoms with Crippen LogP contribution in [0.3, 0.4) is 0 Å². The van der Waals surface area contributed by atoms with E-state index in [0.29, 0.717) is 23.8 Å². The molecule has 4 aliphatic rings. The van der Waals surface area contributed by atoms with Gasteiger partial charge >= 0.3 is 0 Å². The van der Waals surface area contributed by atoms with Gasteiger partial charge in [-0.15, -0.1) is 0 Å². The Morgan fingerprint density at radius 1 is 0.886 bits per heavy atom. The minimum atomic E-state index is 0.126. The fourth-order valence-corrected chi connectivity index (χ4v) is 7.08. The van der Waals surface area contributed by atoms with E-state index < -0.39 is 0 Å². The van der Waals surface area contributed by atoms with Gasteiger partial charge < -0.3 is 15.1 Å². The van der Waals surface area contributed by atoms with Gasteiger partial charge in [0.15, 0.2) is 0 Å². The number of ether oxygens (including phenoxy) is 1. The molecular formula is C31H27N3O. The molecule has 3 heterocycles. The van der Waals surface area contributed by atoms with Crippen LogP contribution in [0.15, 0.2) is 90.8 Å². The lowest BCUT2D eigenvalue weighted by Gasteiger charge is -2.28. The minimum absolute atomic E-state index is 0.126. The van der Waals surface area contributed by atoms with Crippen LogP contribution in [0.2, 0.25) is 0 Å². The van der Waals surface area contributed by atoms with Gasteiger partial charge in [0, 0.05) is 39.6 Å². The smallest absolute Gasteiger partial charge is 0.124 e. The first kappa shape index (κ1) is 19.4. The molecule has 5 unspecified atom stereocenters. The molecule has 35 heavy (non-hydrogen) atoms. The van der Waals surface area contributed by atoms with E-state index in [0.717, 1.165) is 23.4 Å². The molecule has 1 saturated heterocycles. The van der Waals surface area contributed by atoms with Gasteiger partial charge in [-0.05, 0) is 42.2 Å². The Bertz CT molecular complexity index is 1710. The van der Waals surface area contributed by atoms with Gasteiger partial charge in [0.2, 0.25) is 0 Å². The van der Waals surface area contributed by atoms with Crippen molar-refractivity contribution in [2.45, 2.75) is 31.4 Å². The summed E-state index contributed by atoms with van der Waals surface area (Å²) in [5.74, 6) is 8.90. The molecular weight excluding hydrogens is 430 g/mol. The zero-order valence-corrected chi connectivity index (χ0v) is 19.6. The number of para-hydroxylation sites is 1. The average Bonchev–Trinajstić information content (AvgIpc) is 3.52. The summed E-state index contributed by atoms with van der Waals surface area (Å²) in [5.41, 5.74) is 6.07. The molecule has 0 bridgehead atoms. The standard InChI is InChI=1S/C31H27N3O/c1-18-30-23-16-25-22(20-11-5-7-13-24(20)33(25)19-9-3-2-4-10-19)15-26(23)34(32)27(30)17-29-31(18)21-12-6-8-14-28(21)35-29/h2-9,11-19,21,28,31H,10,32H2,1H3. The van der Waals surface area contributed by atoms with Crippen molar-refractivity contribution < 1.29 is 4.74 Å². The van der Waals surface area contributed by atoms with E-state index in [4.69, 9.17) is 10.6 Å². The van der Waals surface area contributed by atoms with E-state index in [2.05, 4.69) is 103 Å². The summed E-state index contributed by atoms with van der Waals surface area (Å²) in [6, 6.07) is 13.8. The van der Waals surface area contributed by atoms with E-state index in [-0.39, 0.29) is 6.10 Å². The number of benzene rings is 2. The van der Waals surface area contributed by atoms with E-state index in [1.807, 2.05) is 4.68 Å². The van der Waals surface area contributed by atoms with Crippen LogP contribution in [0.1, 0.15) is 36.6 Å². The molecule has 5 atom stereocenters. The first-order valence-corrected chi connectivity index (χ1v) is 12.6. The normalized spacial score (nSPS) is 28.4. The van der Waals surface area contributed by atoms with Crippen LogP contribution < -0.4 is 5.84 Å². The maximum absolute atomic E-state index is 6.80. The summed E-state index contributed by atoms with van der Waals surface area (Å²) in [5, 5.41) is 3.80. The topological polar surface area (TPSA) is 45.1 Å². The summed E-state index contributed by atoms with van der Waals surface area (Å²) in [7, 11) is 0. The predicted octanol–water partition coefficient (Wildman–Crippen LogP) is 6.74. The second-order valence-corrected chi connectivity index (χ2v) is 10.3. The third kappa shape index (κ3) is 2.47. The molecule has 0 amide bonds. The van der Waals surface area contributed by atoms with Gasteiger partial charge in [-0.2, -0.15) is 0 Å². The number of rotatable bonds is 1. The van der Waals surface area contributed by atoms with Crippen molar-refractivity contribution in [1.29, 1.82) is 0 Å². The summed E-state index contributed by atoms with van der Waals surface area (Å²) < 4.78 is 10.8. The number of fused-ring (bicyclic) bond motifs is 9. The molecule has 2 aromatic carbocycles. The van der Waals surface area contributed by atoms with Gasteiger partial charge in [0.25, 0.3) is 0 Å². The third-order valence-electron chi connectivity index (χ3n) is 8.62. The summed E-state index contributed by atoms with van der Waals surface area (Å²) in [4.78, 5) is 0. The number of allylic oxidation sites excluding steroid dienone is 7. The molecule has 4 heteroatoms. The van der Waals surface area contributed by atoms with Crippen LogP contribution in [0.25, 0.3) is 38.8 Å². The monoisotopic (exact) mass is 457 g/mol. The fraction of sp³-hybridized carbons (Fsp3) is 0.226. The number of nitrogen functional groups attached to an aromatic ring is 1. The highest BCUT2D eigenvalue weighted by Gasteiger charge is 2.46. The van der Waals surface area contributed by atoms with Gasteiger partial charge in [0.05, 0.1) is 22.8 Å². The Morgan fingerprint density at radius 2 is 1.71 bits per heavy atom.